The summed E-state index contributed by atoms with van der Waals surface area (Å²) in [5.41, 5.74) is 1.31. The van der Waals surface area contributed by atoms with Crippen LogP contribution in [0.15, 0.2) is 24.3 Å². The summed E-state index contributed by atoms with van der Waals surface area (Å²) in [6, 6.07) is 6.59. The fourth-order valence-electron chi connectivity index (χ4n) is 1.44. The predicted octanol–water partition coefficient (Wildman–Crippen LogP) is 2.88. The lowest BCUT2D eigenvalue weighted by atomic mass is 10.1. The summed E-state index contributed by atoms with van der Waals surface area (Å²) in [5, 5.41) is 0. The number of hydrogen-bond acceptors (Lipinski definition) is 1. The van der Waals surface area contributed by atoms with Crippen LogP contribution >= 0.6 is 0 Å². The molecular weight excluding hydrogens is 231 g/mol. The Kier molecular flexibility index (Phi) is 4.15. The maximum Gasteiger partial charge on any atom is 0.406 e. The average molecular weight is 245 g/mol. The molecule has 0 fully saturated rings. The van der Waals surface area contributed by atoms with Crippen LogP contribution in [0.1, 0.15) is 22.8 Å². The van der Waals surface area contributed by atoms with Gasteiger partial charge in [0.15, 0.2) is 0 Å². The van der Waals surface area contributed by atoms with Gasteiger partial charge in [-0.05, 0) is 24.1 Å². The zero-order chi connectivity index (χ0) is 13.1. The molecule has 0 bridgehead atoms. The van der Waals surface area contributed by atoms with Gasteiger partial charge in [0.2, 0.25) is 0 Å². The molecule has 0 saturated carbocycles. The van der Waals surface area contributed by atoms with Crippen molar-refractivity contribution in [1.82, 2.24) is 4.90 Å². The van der Waals surface area contributed by atoms with E-state index in [1.165, 1.54) is 0 Å². The zero-order valence-corrected chi connectivity index (χ0v) is 9.71. The molecule has 0 radical (unpaired) electrons. The zero-order valence-electron chi connectivity index (χ0n) is 9.71. The largest absolute Gasteiger partial charge is 0.406 e. The summed E-state index contributed by atoms with van der Waals surface area (Å²) >= 11 is 0. The van der Waals surface area contributed by atoms with E-state index in [-0.39, 0.29) is 5.56 Å². The molecular formula is C12H14F3NO. The second-order valence-electron chi connectivity index (χ2n) is 3.83. The SMILES string of the molecule is CCc1ccc(C(=O)N(C)CC(F)(F)F)cc1. The number of nitrogens with zero attached hydrogens (tertiary/aromatic N) is 1. The summed E-state index contributed by atoms with van der Waals surface area (Å²) in [6.07, 6.45) is -3.54. The van der Waals surface area contributed by atoms with E-state index in [4.69, 9.17) is 0 Å². The topological polar surface area (TPSA) is 20.3 Å². The molecule has 2 nitrogen and oxygen atoms in total. The molecule has 5 heteroatoms. The van der Waals surface area contributed by atoms with Gasteiger partial charge in [0.25, 0.3) is 5.91 Å². The van der Waals surface area contributed by atoms with Gasteiger partial charge in [-0.1, -0.05) is 19.1 Å². The number of halogens is 3. The standard InChI is InChI=1S/C12H14F3NO/c1-3-9-4-6-10(7-5-9)11(17)16(2)8-12(13,14)15/h4-7H,3,8H2,1-2H3. The molecule has 1 aromatic rings. The number of hydrogen-bond donors (Lipinski definition) is 0. The monoisotopic (exact) mass is 245 g/mol. The van der Waals surface area contributed by atoms with Gasteiger partial charge in [0.05, 0.1) is 0 Å². The minimum atomic E-state index is -4.37. The number of amides is 1. The third-order valence-corrected chi connectivity index (χ3v) is 2.37. The summed E-state index contributed by atoms with van der Waals surface area (Å²) in [4.78, 5) is 12.3. The minimum absolute atomic E-state index is 0.272. The predicted molar refractivity (Wildman–Crippen MR) is 58.8 cm³/mol. The molecule has 0 aliphatic rings. The van der Waals surface area contributed by atoms with Crippen LogP contribution in [0.3, 0.4) is 0 Å². The van der Waals surface area contributed by atoms with Crippen molar-refractivity contribution in [1.29, 1.82) is 0 Å². The van der Waals surface area contributed by atoms with Crippen LogP contribution in [0.25, 0.3) is 0 Å². The van der Waals surface area contributed by atoms with Gasteiger partial charge in [0.1, 0.15) is 6.54 Å². The van der Waals surface area contributed by atoms with Crippen LogP contribution in [0.2, 0.25) is 0 Å². The Balaban J connectivity index is 2.75. The molecule has 94 valence electrons. The van der Waals surface area contributed by atoms with Crippen LogP contribution in [0.5, 0.6) is 0 Å². The smallest absolute Gasteiger partial charge is 0.333 e. The van der Waals surface area contributed by atoms with Crippen molar-refractivity contribution in [3.05, 3.63) is 35.4 Å². The second kappa shape index (κ2) is 5.21. The first-order valence-corrected chi connectivity index (χ1v) is 5.24. The molecule has 1 rings (SSSR count). The highest BCUT2D eigenvalue weighted by Gasteiger charge is 2.31. The summed E-state index contributed by atoms with van der Waals surface area (Å²) in [5.74, 6) is -0.620. The molecule has 0 aliphatic heterocycles. The third-order valence-electron chi connectivity index (χ3n) is 2.37. The van der Waals surface area contributed by atoms with Gasteiger partial charge in [-0.15, -0.1) is 0 Å². The van der Waals surface area contributed by atoms with E-state index in [1.54, 1.807) is 24.3 Å². The number of carbonyl (C=O) groups excluding carboxylic acids is 1. The highest BCUT2D eigenvalue weighted by Crippen LogP contribution is 2.17. The van der Waals surface area contributed by atoms with Gasteiger partial charge < -0.3 is 4.90 Å². The van der Waals surface area contributed by atoms with Crippen LogP contribution in [-0.2, 0) is 6.42 Å². The maximum atomic E-state index is 12.1. The Bertz CT molecular complexity index is 384. The lowest BCUT2D eigenvalue weighted by Gasteiger charge is -2.19. The molecule has 1 amide bonds. The van der Waals surface area contributed by atoms with Gasteiger partial charge in [-0.3, -0.25) is 4.79 Å². The summed E-state index contributed by atoms with van der Waals surface area (Å²) in [7, 11) is 1.14. The van der Waals surface area contributed by atoms with E-state index in [9.17, 15) is 18.0 Å². The van der Waals surface area contributed by atoms with E-state index in [0.29, 0.717) is 4.90 Å². The molecule has 0 saturated heterocycles. The van der Waals surface area contributed by atoms with Gasteiger partial charge in [0, 0.05) is 12.6 Å². The molecule has 0 aliphatic carbocycles. The molecule has 0 N–H and O–H groups in total. The lowest BCUT2D eigenvalue weighted by Crippen LogP contribution is -2.35. The van der Waals surface area contributed by atoms with Crippen molar-refractivity contribution in [3.63, 3.8) is 0 Å². The van der Waals surface area contributed by atoms with Crippen LogP contribution in [-0.4, -0.2) is 30.6 Å². The first-order valence-electron chi connectivity index (χ1n) is 5.24. The van der Waals surface area contributed by atoms with E-state index >= 15 is 0 Å². The molecule has 0 heterocycles. The van der Waals surface area contributed by atoms with E-state index < -0.39 is 18.6 Å². The molecule has 17 heavy (non-hydrogen) atoms. The van der Waals surface area contributed by atoms with E-state index in [1.807, 2.05) is 6.92 Å². The van der Waals surface area contributed by atoms with Gasteiger partial charge in [-0.2, -0.15) is 13.2 Å². The normalized spacial score (nSPS) is 11.4. The van der Waals surface area contributed by atoms with Gasteiger partial charge in [-0.25, -0.2) is 0 Å². The number of carbonyl (C=O) groups is 1. The summed E-state index contributed by atoms with van der Waals surface area (Å²) in [6.45, 7) is 0.730. The Morgan fingerprint density at radius 3 is 2.18 bits per heavy atom. The highest BCUT2D eigenvalue weighted by atomic mass is 19.4. The Morgan fingerprint density at radius 1 is 1.24 bits per heavy atom. The number of benzene rings is 1. The first-order chi connectivity index (χ1) is 7.83. The Hall–Kier alpha value is -1.52. The van der Waals surface area contributed by atoms with Crippen LogP contribution in [0.4, 0.5) is 13.2 Å². The average Bonchev–Trinajstić information content (AvgIpc) is 2.26. The highest BCUT2D eigenvalue weighted by molar-refractivity contribution is 5.94. The number of rotatable bonds is 3. The Labute approximate surface area is 98.0 Å². The number of alkyl halides is 3. The molecule has 0 aromatic heterocycles. The molecule has 0 unspecified atom stereocenters. The van der Waals surface area contributed by atoms with Crippen LogP contribution in [0, 0.1) is 0 Å². The van der Waals surface area contributed by atoms with Gasteiger partial charge >= 0.3 is 6.18 Å². The molecule has 1 aromatic carbocycles. The van der Waals surface area contributed by atoms with Crippen molar-refractivity contribution in [2.24, 2.45) is 0 Å². The van der Waals surface area contributed by atoms with E-state index in [0.717, 1.165) is 19.0 Å². The van der Waals surface area contributed by atoms with E-state index in [2.05, 4.69) is 0 Å². The maximum absolute atomic E-state index is 12.1. The minimum Gasteiger partial charge on any atom is -0.333 e. The van der Waals surface area contributed by atoms with Crippen molar-refractivity contribution in [2.75, 3.05) is 13.6 Å². The fourth-order valence-corrected chi connectivity index (χ4v) is 1.44. The first kappa shape index (κ1) is 13.5. The molecule has 0 spiro atoms. The van der Waals surface area contributed by atoms with Crippen molar-refractivity contribution in [3.8, 4) is 0 Å². The molecule has 0 atom stereocenters. The van der Waals surface area contributed by atoms with Crippen molar-refractivity contribution < 1.29 is 18.0 Å². The fraction of sp³-hybridized carbons (Fsp3) is 0.417. The summed E-state index contributed by atoms with van der Waals surface area (Å²) < 4.78 is 36.3. The van der Waals surface area contributed by atoms with Crippen molar-refractivity contribution in [2.45, 2.75) is 19.5 Å². The second-order valence-corrected chi connectivity index (χ2v) is 3.83. The lowest BCUT2D eigenvalue weighted by molar-refractivity contribution is -0.138. The Morgan fingerprint density at radius 2 is 1.76 bits per heavy atom. The van der Waals surface area contributed by atoms with Crippen LogP contribution < -0.4 is 0 Å². The third kappa shape index (κ3) is 4.09. The quantitative estimate of drug-likeness (QED) is 0.801. The number of aryl methyl sites for hydroxylation is 1. The van der Waals surface area contributed by atoms with Crippen molar-refractivity contribution >= 4 is 5.91 Å².